The predicted octanol–water partition coefficient (Wildman–Crippen LogP) is 7.13. The van der Waals surface area contributed by atoms with Gasteiger partial charge in [-0.05, 0) is 28.0 Å². The molecule has 0 bridgehead atoms. The third-order valence-electron chi connectivity index (χ3n) is 5.24. The van der Waals surface area contributed by atoms with E-state index in [1.165, 1.54) is 21.6 Å². The van der Waals surface area contributed by atoms with Gasteiger partial charge >= 0.3 is 0 Å². The van der Waals surface area contributed by atoms with E-state index in [4.69, 9.17) is 0 Å². The normalized spacial score (nSPS) is 20.8. The first kappa shape index (κ1) is 19.8. The quantitative estimate of drug-likeness (QED) is 0.555. The van der Waals surface area contributed by atoms with Crippen molar-refractivity contribution in [1.29, 1.82) is 0 Å². The Balaban J connectivity index is 2.21. The number of benzene rings is 1. The van der Waals surface area contributed by atoms with Crippen LogP contribution in [0.15, 0.2) is 65.6 Å². The minimum absolute atomic E-state index is 0.0641. The van der Waals surface area contributed by atoms with Crippen LogP contribution in [0.25, 0.3) is 5.57 Å². The Morgan fingerprint density at radius 3 is 2.11 bits per heavy atom. The van der Waals surface area contributed by atoms with Gasteiger partial charge in [-0.2, -0.15) is 0 Å². The molecule has 1 heterocycles. The summed E-state index contributed by atoms with van der Waals surface area (Å²) in [5, 5.41) is 2.12. The molecule has 0 spiro atoms. The average molecular weight is 379 g/mol. The first-order valence-electron chi connectivity index (χ1n) is 9.66. The smallest absolute Gasteiger partial charge is 0.146 e. The van der Waals surface area contributed by atoms with Crippen molar-refractivity contribution in [3.8, 4) is 0 Å². The largest absolute Gasteiger partial charge is 0.298 e. The summed E-state index contributed by atoms with van der Waals surface area (Å²) < 4.78 is 0. The topological polar surface area (TPSA) is 17.1 Å². The van der Waals surface area contributed by atoms with Gasteiger partial charge in [0, 0.05) is 16.2 Å². The standard InChI is InChI=1S/C25H30OS/c1-24(2,3)20-16-18(21-13-10-14-27-21)15-19(17-11-8-7-9-12-17)22(20)23(26)25(4,5)6/h7-16,19,22H,1-6H3. The Morgan fingerprint density at radius 1 is 0.926 bits per heavy atom. The molecule has 0 amide bonds. The van der Waals surface area contributed by atoms with Gasteiger partial charge in [-0.1, -0.05) is 95.7 Å². The molecule has 3 rings (SSSR count). The molecule has 1 aromatic heterocycles. The van der Waals surface area contributed by atoms with E-state index >= 15 is 0 Å². The molecule has 0 saturated carbocycles. The molecule has 1 aliphatic rings. The highest BCUT2D eigenvalue weighted by Crippen LogP contribution is 2.48. The van der Waals surface area contributed by atoms with E-state index in [-0.39, 0.29) is 22.7 Å². The summed E-state index contributed by atoms with van der Waals surface area (Å²) in [6, 6.07) is 14.8. The highest BCUT2D eigenvalue weighted by atomic mass is 32.1. The number of ketones is 1. The molecule has 0 radical (unpaired) electrons. The number of carbonyl (C=O) groups is 1. The lowest BCUT2D eigenvalue weighted by Gasteiger charge is -2.40. The van der Waals surface area contributed by atoms with Gasteiger partial charge in [-0.3, -0.25) is 4.79 Å². The molecule has 27 heavy (non-hydrogen) atoms. The molecule has 1 aromatic carbocycles. The zero-order chi connectivity index (χ0) is 19.8. The van der Waals surface area contributed by atoms with Crippen LogP contribution >= 0.6 is 11.3 Å². The number of allylic oxidation sites excluding steroid dienone is 4. The van der Waals surface area contributed by atoms with E-state index in [0.717, 1.165) is 0 Å². The van der Waals surface area contributed by atoms with Gasteiger partial charge in [0.1, 0.15) is 5.78 Å². The van der Waals surface area contributed by atoms with Crippen LogP contribution in [0.3, 0.4) is 0 Å². The van der Waals surface area contributed by atoms with Crippen molar-refractivity contribution >= 4 is 22.7 Å². The molecule has 2 heteroatoms. The number of hydrogen-bond acceptors (Lipinski definition) is 2. The fraction of sp³-hybridized carbons (Fsp3) is 0.400. The van der Waals surface area contributed by atoms with E-state index in [1.807, 2.05) is 26.8 Å². The van der Waals surface area contributed by atoms with Crippen LogP contribution in [-0.4, -0.2) is 5.78 Å². The van der Waals surface area contributed by atoms with Gasteiger partial charge < -0.3 is 0 Å². The third kappa shape index (κ3) is 4.16. The fourth-order valence-electron chi connectivity index (χ4n) is 3.80. The molecule has 0 N–H and O–H groups in total. The molecule has 2 aromatic rings. The maximum absolute atomic E-state index is 13.6. The van der Waals surface area contributed by atoms with Crippen LogP contribution in [0.1, 0.15) is 57.9 Å². The lowest BCUT2D eigenvalue weighted by atomic mass is 9.63. The third-order valence-corrected chi connectivity index (χ3v) is 6.16. The van der Waals surface area contributed by atoms with Gasteiger partial charge in [0.05, 0.1) is 5.92 Å². The second kappa shape index (κ2) is 7.24. The molecule has 0 fully saturated rings. The SMILES string of the molecule is CC(C)(C)C(=O)C1C(C(C)(C)C)=CC(c2cccs2)=CC1c1ccccc1. The highest BCUT2D eigenvalue weighted by Gasteiger charge is 2.42. The molecule has 1 aliphatic carbocycles. The first-order chi connectivity index (χ1) is 12.6. The van der Waals surface area contributed by atoms with Gasteiger partial charge in [0.2, 0.25) is 0 Å². The van der Waals surface area contributed by atoms with Gasteiger partial charge in [0.15, 0.2) is 0 Å². The van der Waals surface area contributed by atoms with Crippen molar-refractivity contribution in [2.24, 2.45) is 16.7 Å². The van der Waals surface area contributed by atoms with Crippen molar-refractivity contribution in [1.82, 2.24) is 0 Å². The molecular formula is C25H30OS. The first-order valence-corrected chi connectivity index (χ1v) is 10.5. The van der Waals surface area contributed by atoms with Crippen LogP contribution in [0, 0.1) is 16.7 Å². The number of Topliss-reactive ketones (excluding diaryl/α,β-unsaturated/α-hetero) is 1. The maximum atomic E-state index is 13.6. The van der Waals surface area contributed by atoms with E-state index in [2.05, 4.69) is 74.7 Å². The van der Waals surface area contributed by atoms with Crippen LogP contribution in [0.4, 0.5) is 0 Å². The summed E-state index contributed by atoms with van der Waals surface area (Å²) in [4.78, 5) is 14.8. The number of rotatable bonds is 3. The fourth-order valence-corrected chi connectivity index (χ4v) is 4.53. The molecule has 2 unspecified atom stereocenters. The molecule has 0 aliphatic heterocycles. The number of hydrogen-bond donors (Lipinski definition) is 0. The Labute approximate surface area is 167 Å². The highest BCUT2D eigenvalue weighted by molar-refractivity contribution is 7.11. The summed E-state index contributed by atoms with van der Waals surface area (Å²) >= 11 is 1.76. The Hall–Kier alpha value is -1.93. The Kier molecular flexibility index (Phi) is 5.31. The summed E-state index contributed by atoms with van der Waals surface area (Å²) in [6.45, 7) is 12.8. The van der Waals surface area contributed by atoms with Gasteiger partial charge in [0.25, 0.3) is 0 Å². The molecule has 1 nitrogen and oxygen atoms in total. The minimum atomic E-state index is -0.379. The predicted molar refractivity (Wildman–Crippen MR) is 117 cm³/mol. The lowest BCUT2D eigenvalue weighted by Crippen LogP contribution is -2.37. The summed E-state index contributed by atoms with van der Waals surface area (Å²) in [5.74, 6) is 0.254. The lowest BCUT2D eigenvalue weighted by molar-refractivity contribution is -0.130. The minimum Gasteiger partial charge on any atom is -0.298 e. The van der Waals surface area contributed by atoms with Crippen molar-refractivity contribution < 1.29 is 4.79 Å². The van der Waals surface area contributed by atoms with E-state index in [1.54, 1.807) is 11.3 Å². The zero-order valence-electron chi connectivity index (χ0n) is 17.2. The monoisotopic (exact) mass is 378 g/mol. The molecule has 0 saturated heterocycles. The van der Waals surface area contributed by atoms with Crippen molar-refractivity contribution in [3.63, 3.8) is 0 Å². The maximum Gasteiger partial charge on any atom is 0.146 e. The average Bonchev–Trinajstić information content (AvgIpc) is 3.14. The molecule has 142 valence electrons. The summed E-state index contributed by atoms with van der Waals surface area (Å²) in [6.07, 6.45) is 4.59. The van der Waals surface area contributed by atoms with Crippen molar-refractivity contribution in [3.05, 3.63) is 76.0 Å². The second-order valence-corrected chi connectivity index (χ2v) is 10.4. The van der Waals surface area contributed by atoms with Crippen molar-refractivity contribution in [2.45, 2.75) is 47.5 Å². The number of carbonyl (C=O) groups excluding carboxylic acids is 1. The van der Waals surface area contributed by atoms with Gasteiger partial charge in [-0.15, -0.1) is 11.3 Å². The van der Waals surface area contributed by atoms with E-state index in [0.29, 0.717) is 5.78 Å². The Morgan fingerprint density at radius 2 is 1.59 bits per heavy atom. The van der Waals surface area contributed by atoms with Crippen molar-refractivity contribution in [2.75, 3.05) is 0 Å². The van der Waals surface area contributed by atoms with Crippen LogP contribution < -0.4 is 0 Å². The zero-order valence-corrected chi connectivity index (χ0v) is 18.1. The molecule has 2 atom stereocenters. The summed E-state index contributed by atoms with van der Waals surface area (Å²) in [5.41, 5.74) is 3.24. The van der Waals surface area contributed by atoms with Crippen LogP contribution in [0.2, 0.25) is 0 Å². The van der Waals surface area contributed by atoms with Crippen LogP contribution in [-0.2, 0) is 4.79 Å². The van der Waals surface area contributed by atoms with E-state index in [9.17, 15) is 4.79 Å². The number of thiophene rings is 1. The van der Waals surface area contributed by atoms with E-state index < -0.39 is 0 Å². The molecular weight excluding hydrogens is 348 g/mol. The second-order valence-electron chi connectivity index (χ2n) is 9.48. The van der Waals surface area contributed by atoms with Crippen LogP contribution in [0.5, 0.6) is 0 Å². The summed E-state index contributed by atoms with van der Waals surface area (Å²) in [7, 11) is 0. The Bertz CT molecular complexity index is 855. The van der Waals surface area contributed by atoms with Gasteiger partial charge in [-0.25, -0.2) is 0 Å².